The predicted octanol–water partition coefficient (Wildman–Crippen LogP) is 6.34. The molecular weight excluding hydrogens is 971 g/mol. The zero-order valence-electron chi connectivity index (χ0n) is 42.0. The quantitative estimate of drug-likeness (QED) is 0.0889. The molecule has 73 heavy (non-hydrogen) atoms. The maximum atomic E-state index is 16.2. The number of likely N-dealkylation sites (N-methyl/N-ethyl adjacent to an activating group) is 1. The van der Waals surface area contributed by atoms with Crippen LogP contribution in [0.2, 0.25) is 0 Å². The van der Waals surface area contributed by atoms with Gasteiger partial charge in [0, 0.05) is 88.4 Å². The molecule has 2 aromatic heterocycles. The molecule has 21 heteroatoms. The number of H-pyrrole nitrogens is 1. The van der Waals surface area contributed by atoms with Crippen LogP contribution in [0.4, 0.5) is 28.9 Å². The normalized spacial score (nSPS) is 20.1. The van der Waals surface area contributed by atoms with Gasteiger partial charge in [-0.25, -0.2) is 9.37 Å². The Morgan fingerprint density at radius 3 is 2.30 bits per heavy atom. The van der Waals surface area contributed by atoms with Crippen molar-refractivity contribution in [1.82, 2.24) is 35.3 Å². The van der Waals surface area contributed by atoms with Gasteiger partial charge in [-0.15, -0.1) is 11.3 Å². The summed E-state index contributed by atoms with van der Waals surface area (Å²) in [5.74, 6) is -3.46. The molecule has 2 saturated heterocycles. The molecule has 392 valence electrons. The van der Waals surface area contributed by atoms with E-state index in [1.807, 2.05) is 57.0 Å². The fraction of sp³-hybridized carbons (Fsp3) is 0.481. The zero-order chi connectivity index (χ0) is 53.1. The number of hydrogen-bond acceptors (Lipinski definition) is 11. The van der Waals surface area contributed by atoms with E-state index in [9.17, 15) is 47.0 Å². The van der Waals surface area contributed by atoms with E-state index in [1.54, 1.807) is 48.6 Å². The maximum absolute atomic E-state index is 16.2. The number of halogens is 4. The minimum absolute atomic E-state index is 0.00926. The van der Waals surface area contributed by atoms with Crippen LogP contribution >= 0.6 is 11.3 Å². The lowest BCUT2D eigenvalue weighted by molar-refractivity contribution is -0.144. The van der Waals surface area contributed by atoms with Crippen LogP contribution in [-0.2, 0) is 31.9 Å². The first kappa shape index (κ1) is 54.3. The lowest BCUT2D eigenvalue weighted by atomic mass is 9.85. The van der Waals surface area contributed by atoms with Crippen molar-refractivity contribution in [2.75, 3.05) is 50.0 Å². The average molecular weight is 1030 g/mol. The Morgan fingerprint density at radius 2 is 1.68 bits per heavy atom. The van der Waals surface area contributed by atoms with E-state index < -0.39 is 75.9 Å². The molecular formula is C52H63F4N9O7S. The van der Waals surface area contributed by atoms with Crippen molar-refractivity contribution in [1.29, 1.82) is 0 Å². The van der Waals surface area contributed by atoms with Crippen molar-refractivity contribution >= 4 is 57.8 Å². The number of aromatic nitrogens is 2. The first-order chi connectivity index (χ1) is 34.4. The summed E-state index contributed by atoms with van der Waals surface area (Å²) in [6.45, 7) is 12.5. The second kappa shape index (κ2) is 22.3. The zero-order valence-corrected chi connectivity index (χ0v) is 42.8. The highest BCUT2D eigenvalue weighted by Gasteiger charge is 2.45. The van der Waals surface area contributed by atoms with Crippen LogP contribution in [-0.4, -0.2) is 129 Å². The number of benzene rings is 2. The number of aliphatic hydroxyl groups excluding tert-OH is 1. The lowest BCUT2D eigenvalue weighted by Gasteiger charge is -2.44. The van der Waals surface area contributed by atoms with Crippen molar-refractivity contribution in [2.24, 2.45) is 5.41 Å². The largest absolute Gasteiger partial charge is 0.417 e. The number of anilines is 2. The Hall–Kier alpha value is -6.45. The number of amides is 5. The van der Waals surface area contributed by atoms with Gasteiger partial charge in [-0.2, -0.15) is 13.2 Å². The molecule has 0 aliphatic carbocycles. The summed E-state index contributed by atoms with van der Waals surface area (Å²) in [6.07, 6.45) is -3.29. The molecule has 5 N–H and O–H groups in total. The van der Waals surface area contributed by atoms with Gasteiger partial charge in [0.2, 0.25) is 29.2 Å². The summed E-state index contributed by atoms with van der Waals surface area (Å²) in [5, 5.41) is 18.9. The molecule has 0 unspecified atom stereocenters. The van der Waals surface area contributed by atoms with Crippen LogP contribution < -0.4 is 26.4 Å². The number of piperazine rings is 1. The van der Waals surface area contributed by atoms with Crippen molar-refractivity contribution < 1.29 is 46.6 Å². The molecule has 5 amide bonds. The number of aliphatic hydroxyl groups is 1. The summed E-state index contributed by atoms with van der Waals surface area (Å²) in [4.78, 5) is 94.3. The number of aryl methyl sites for hydroxylation is 1. The number of carbonyl (C=O) groups excluding carboxylic acids is 5. The summed E-state index contributed by atoms with van der Waals surface area (Å²) < 4.78 is 58.2. The predicted molar refractivity (Wildman–Crippen MR) is 270 cm³/mol. The number of thiazole rings is 1. The SMILES string of the molecule is Cc1ncsc1-c1ccc(CNC(=O)[C@@H]2C[C@@H](O)CN2C(=O)[C@@H](NC(=O)CCCC(=O)N2CC=C(c3cc(NC(=O)c4c[nH]c(=O)cc4C(F)(F)F)c(N4C[C@@H](C)N(C)[C@@H](C)C4)cc3F)CC2)C(C)(C)C)cc1. The number of alkyl halides is 3. The summed E-state index contributed by atoms with van der Waals surface area (Å²) in [6, 6.07) is 8.70. The molecule has 0 bridgehead atoms. The van der Waals surface area contributed by atoms with Gasteiger partial charge < -0.3 is 40.7 Å². The average Bonchev–Trinajstić information content (AvgIpc) is 3.96. The summed E-state index contributed by atoms with van der Waals surface area (Å²) in [5.41, 5.74) is 1.46. The first-order valence-corrected chi connectivity index (χ1v) is 25.2. The molecule has 0 saturated carbocycles. The van der Waals surface area contributed by atoms with Gasteiger partial charge in [-0.05, 0) is 74.9 Å². The van der Waals surface area contributed by atoms with E-state index in [2.05, 4.69) is 30.8 Å². The fourth-order valence-corrected chi connectivity index (χ4v) is 10.4. The number of rotatable bonds is 14. The minimum Gasteiger partial charge on any atom is -0.391 e. The van der Waals surface area contributed by atoms with Crippen LogP contribution in [0.25, 0.3) is 16.0 Å². The topological polar surface area (TPSA) is 200 Å². The maximum Gasteiger partial charge on any atom is 0.417 e. The molecule has 7 rings (SSSR count). The van der Waals surface area contributed by atoms with Gasteiger partial charge in [0.1, 0.15) is 17.9 Å². The fourth-order valence-electron chi connectivity index (χ4n) is 9.57. The number of nitrogens with one attached hydrogen (secondary N) is 4. The Bertz CT molecular complexity index is 2800. The van der Waals surface area contributed by atoms with Crippen molar-refractivity contribution in [3.63, 3.8) is 0 Å². The van der Waals surface area contributed by atoms with Crippen LogP contribution in [0, 0.1) is 18.2 Å². The van der Waals surface area contributed by atoms with Gasteiger partial charge in [0.25, 0.3) is 5.91 Å². The third-order valence-corrected chi connectivity index (χ3v) is 14.9. The molecule has 2 fully saturated rings. The second-order valence-corrected chi connectivity index (χ2v) is 21.2. The monoisotopic (exact) mass is 1030 g/mol. The van der Waals surface area contributed by atoms with Crippen LogP contribution in [0.5, 0.6) is 0 Å². The number of carbonyl (C=O) groups is 5. The Labute approximate surface area is 425 Å². The van der Waals surface area contributed by atoms with Gasteiger partial charge >= 0.3 is 6.18 Å². The van der Waals surface area contributed by atoms with Crippen molar-refractivity contribution in [2.45, 2.75) is 117 Å². The van der Waals surface area contributed by atoms with Gasteiger partial charge in [0.05, 0.1) is 44.7 Å². The van der Waals surface area contributed by atoms with E-state index in [1.165, 1.54) is 17.0 Å². The highest BCUT2D eigenvalue weighted by molar-refractivity contribution is 7.13. The third-order valence-electron chi connectivity index (χ3n) is 13.9. The molecule has 3 aliphatic heterocycles. The molecule has 0 spiro atoms. The molecule has 3 aliphatic rings. The van der Waals surface area contributed by atoms with Crippen molar-refractivity contribution in [3.05, 3.63) is 104 Å². The molecule has 5 heterocycles. The van der Waals surface area contributed by atoms with Crippen LogP contribution in [0.3, 0.4) is 0 Å². The van der Waals surface area contributed by atoms with E-state index in [4.69, 9.17) is 0 Å². The summed E-state index contributed by atoms with van der Waals surface area (Å²) in [7, 11) is 1.96. The number of pyridine rings is 1. The number of nitrogens with zero attached hydrogens (tertiary/aromatic N) is 5. The molecule has 4 aromatic rings. The van der Waals surface area contributed by atoms with Gasteiger partial charge in [-0.1, -0.05) is 51.1 Å². The molecule has 5 atom stereocenters. The Kier molecular flexibility index (Phi) is 16.6. The Balaban J connectivity index is 0.961. The number of likely N-dealkylation sites (tertiary alicyclic amines) is 1. The third kappa shape index (κ3) is 12.8. The van der Waals surface area contributed by atoms with E-state index in [0.29, 0.717) is 30.9 Å². The first-order valence-electron chi connectivity index (χ1n) is 24.3. The van der Waals surface area contributed by atoms with Gasteiger partial charge in [0.15, 0.2) is 0 Å². The van der Waals surface area contributed by atoms with E-state index >= 15 is 4.39 Å². The molecule has 0 radical (unpaired) electrons. The highest BCUT2D eigenvalue weighted by atomic mass is 32.1. The highest BCUT2D eigenvalue weighted by Crippen LogP contribution is 2.38. The smallest absolute Gasteiger partial charge is 0.391 e. The lowest BCUT2D eigenvalue weighted by Crippen LogP contribution is -2.57. The van der Waals surface area contributed by atoms with Gasteiger partial charge in [-0.3, -0.25) is 33.7 Å². The van der Waals surface area contributed by atoms with Crippen LogP contribution in [0.15, 0.2) is 65.0 Å². The summed E-state index contributed by atoms with van der Waals surface area (Å²) >= 11 is 1.54. The van der Waals surface area contributed by atoms with Crippen LogP contribution in [0.1, 0.15) is 99.5 Å². The number of aromatic amines is 1. The molecule has 16 nitrogen and oxygen atoms in total. The second-order valence-electron chi connectivity index (χ2n) is 20.3. The van der Waals surface area contributed by atoms with Crippen molar-refractivity contribution in [3.8, 4) is 10.4 Å². The number of β-amino-alcohol motifs (C(OH)–C–C–N with tert-alkyl or cyclic N) is 1. The minimum atomic E-state index is -5.01. The molecule has 2 aromatic carbocycles. The van der Waals surface area contributed by atoms with E-state index in [-0.39, 0.29) is 93.2 Å². The number of hydrogen-bond donors (Lipinski definition) is 5. The standard InChI is InChI=1S/C52H63F4N9O7S/c1-29-25-64(26-30(2)62(29)7)41-22-39(53)36(20-40(41)60-48(70)37-24-57-44(68)21-38(37)52(54,55)56)33-15-17-63(18-16-33)45(69)10-8-9-43(67)61-47(51(4,5)6)50(72)65-27-35(66)19-42(65)49(71)58-23-32-11-13-34(14-12-32)46-31(3)59-28-73-46/h11-15,20-22,24,28-30,35,42,47,66H,8-10,16-19,23,25-27H2,1-7H3,(H,57,68)(H,58,71)(H,60,70)(H,61,67)/t29-,30+,35-,42+,47-/m1/s1. The van der Waals surface area contributed by atoms with E-state index in [0.717, 1.165) is 21.7 Å². The Morgan fingerprint density at radius 1 is 0.986 bits per heavy atom.